The molecule has 1 aliphatic carbocycles. The molecule has 1 aromatic carbocycles. The predicted octanol–water partition coefficient (Wildman–Crippen LogP) is 4.78. The van der Waals surface area contributed by atoms with Crippen molar-refractivity contribution >= 4 is 34.3 Å². The Balaban J connectivity index is 1.32. The van der Waals surface area contributed by atoms with E-state index in [-0.39, 0.29) is 11.9 Å². The van der Waals surface area contributed by atoms with Gasteiger partial charge in [0.1, 0.15) is 5.82 Å². The molecule has 162 valence electrons. The molecule has 1 aliphatic heterocycles. The summed E-state index contributed by atoms with van der Waals surface area (Å²) in [4.78, 5) is 22.4. The number of carbonyl (C=O) groups excluding carboxylic acids is 1. The number of fused-ring (bicyclic) bond motifs is 1. The largest absolute Gasteiger partial charge is 0.376 e. The second kappa shape index (κ2) is 8.63. The van der Waals surface area contributed by atoms with Crippen LogP contribution in [0.1, 0.15) is 47.4 Å². The number of aryl methyl sites for hydroxylation is 1. The van der Waals surface area contributed by atoms with Crippen LogP contribution in [0.3, 0.4) is 0 Å². The van der Waals surface area contributed by atoms with E-state index in [1.54, 1.807) is 0 Å². The maximum Gasteiger partial charge on any atom is 0.190 e. The van der Waals surface area contributed by atoms with Gasteiger partial charge in [0.05, 0.1) is 17.4 Å². The summed E-state index contributed by atoms with van der Waals surface area (Å²) in [5.41, 5.74) is 3.83. The van der Waals surface area contributed by atoms with Gasteiger partial charge in [-0.25, -0.2) is 9.97 Å². The zero-order valence-electron chi connectivity index (χ0n) is 18.1. The Morgan fingerprint density at radius 1 is 1.23 bits per heavy atom. The number of rotatable bonds is 8. The zero-order valence-corrected chi connectivity index (χ0v) is 18.9. The summed E-state index contributed by atoms with van der Waals surface area (Å²) in [6.45, 7) is 5.76. The standard InChI is InChI=1S/C24H28N4O2S/c1-15-12-20(16(2)28(15)13-18-6-5-11-30-18)22(29)14-31-24-26-21-8-4-3-7-19(21)23(27-24)25-17-9-10-17/h3-4,7-8,12,17-18H,5-6,9-11,13-14H2,1-2H3,(H,25,26,27). The van der Waals surface area contributed by atoms with E-state index in [0.29, 0.717) is 17.0 Å². The van der Waals surface area contributed by atoms with E-state index in [1.807, 2.05) is 37.3 Å². The fraction of sp³-hybridized carbons (Fsp3) is 0.458. The van der Waals surface area contributed by atoms with Crippen LogP contribution in [-0.4, -0.2) is 44.8 Å². The number of ketones is 1. The minimum absolute atomic E-state index is 0.116. The van der Waals surface area contributed by atoms with Gasteiger partial charge in [-0.2, -0.15) is 0 Å². The van der Waals surface area contributed by atoms with Gasteiger partial charge < -0.3 is 14.6 Å². The molecule has 6 nitrogen and oxygen atoms in total. The van der Waals surface area contributed by atoms with Gasteiger partial charge in [-0.15, -0.1) is 0 Å². The van der Waals surface area contributed by atoms with Crippen molar-refractivity contribution in [2.75, 3.05) is 17.7 Å². The highest BCUT2D eigenvalue weighted by Gasteiger charge is 2.24. The molecule has 2 aromatic heterocycles. The minimum Gasteiger partial charge on any atom is -0.376 e. The molecule has 1 atom stereocenters. The molecule has 1 saturated heterocycles. The number of thioether (sulfide) groups is 1. The maximum atomic E-state index is 13.0. The van der Waals surface area contributed by atoms with Crippen LogP contribution in [0, 0.1) is 13.8 Å². The Bertz CT molecular complexity index is 1120. The second-order valence-corrected chi connectivity index (χ2v) is 9.48. The van der Waals surface area contributed by atoms with E-state index in [9.17, 15) is 4.79 Å². The van der Waals surface area contributed by atoms with Gasteiger partial charge in [-0.1, -0.05) is 23.9 Å². The van der Waals surface area contributed by atoms with Crippen molar-refractivity contribution < 1.29 is 9.53 Å². The number of hydrogen-bond donors (Lipinski definition) is 1. The van der Waals surface area contributed by atoms with E-state index in [0.717, 1.165) is 59.7 Å². The second-order valence-electron chi connectivity index (χ2n) is 8.53. The molecular weight excluding hydrogens is 408 g/mol. The van der Waals surface area contributed by atoms with Crippen molar-refractivity contribution in [2.24, 2.45) is 0 Å². The third-order valence-corrected chi connectivity index (χ3v) is 6.96. The molecule has 0 amide bonds. The third-order valence-electron chi connectivity index (χ3n) is 6.12. The molecule has 31 heavy (non-hydrogen) atoms. The van der Waals surface area contributed by atoms with Gasteiger partial charge in [-0.05, 0) is 57.7 Å². The number of Topliss-reactive ketones (excluding diaryl/α,β-unsaturated/α-hetero) is 1. The van der Waals surface area contributed by atoms with E-state index >= 15 is 0 Å². The van der Waals surface area contributed by atoms with Gasteiger partial charge in [0.15, 0.2) is 10.9 Å². The molecule has 3 aromatic rings. The van der Waals surface area contributed by atoms with Crippen molar-refractivity contribution in [1.82, 2.24) is 14.5 Å². The zero-order chi connectivity index (χ0) is 21.4. The number of nitrogens with zero attached hydrogens (tertiary/aromatic N) is 3. The van der Waals surface area contributed by atoms with Crippen LogP contribution < -0.4 is 5.32 Å². The molecule has 2 fully saturated rings. The first-order valence-electron chi connectivity index (χ1n) is 11.1. The fourth-order valence-electron chi connectivity index (χ4n) is 4.22. The molecule has 2 aliphatic rings. The minimum atomic E-state index is 0.116. The van der Waals surface area contributed by atoms with E-state index < -0.39 is 0 Å². The Labute approximate surface area is 186 Å². The van der Waals surface area contributed by atoms with E-state index in [1.165, 1.54) is 24.6 Å². The number of para-hydroxylation sites is 1. The van der Waals surface area contributed by atoms with Crippen LogP contribution in [0.2, 0.25) is 0 Å². The highest BCUT2D eigenvalue weighted by Crippen LogP contribution is 2.30. The summed E-state index contributed by atoms with van der Waals surface area (Å²) < 4.78 is 8.01. The summed E-state index contributed by atoms with van der Waals surface area (Å²) in [7, 11) is 0. The lowest BCUT2D eigenvalue weighted by atomic mass is 10.2. The van der Waals surface area contributed by atoms with Crippen molar-refractivity contribution in [3.05, 3.63) is 47.3 Å². The van der Waals surface area contributed by atoms with Crippen LogP contribution in [0.15, 0.2) is 35.5 Å². The molecule has 0 radical (unpaired) electrons. The molecular formula is C24H28N4O2S. The smallest absolute Gasteiger partial charge is 0.190 e. The Morgan fingerprint density at radius 2 is 2.06 bits per heavy atom. The highest BCUT2D eigenvalue weighted by atomic mass is 32.2. The molecule has 0 bridgehead atoms. The lowest BCUT2D eigenvalue weighted by molar-refractivity contribution is 0.0957. The van der Waals surface area contributed by atoms with E-state index in [2.05, 4.69) is 21.8 Å². The average molecular weight is 437 g/mol. The van der Waals surface area contributed by atoms with Gasteiger partial charge in [0, 0.05) is 41.5 Å². The lowest BCUT2D eigenvalue weighted by Gasteiger charge is -2.14. The van der Waals surface area contributed by atoms with Crippen molar-refractivity contribution in [3.63, 3.8) is 0 Å². The fourth-order valence-corrected chi connectivity index (χ4v) is 4.95. The molecule has 1 saturated carbocycles. The van der Waals surface area contributed by atoms with Gasteiger partial charge in [0.25, 0.3) is 0 Å². The van der Waals surface area contributed by atoms with Crippen LogP contribution in [0.4, 0.5) is 5.82 Å². The molecule has 7 heteroatoms. The molecule has 1 unspecified atom stereocenters. The molecule has 5 rings (SSSR count). The summed E-state index contributed by atoms with van der Waals surface area (Å²) in [5, 5.41) is 5.18. The molecule has 1 N–H and O–H groups in total. The highest BCUT2D eigenvalue weighted by molar-refractivity contribution is 7.99. The van der Waals surface area contributed by atoms with Gasteiger partial charge >= 0.3 is 0 Å². The molecule has 3 heterocycles. The normalized spacial score (nSPS) is 18.6. The van der Waals surface area contributed by atoms with Crippen molar-refractivity contribution in [3.8, 4) is 0 Å². The van der Waals surface area contributed by atoms with Gasteiger partial charge in [-0.3, -0.25) is 4.79 Å². The first-order chi connectivity index (χ1) is 15.1. The SMILES string of the molecule is Cc1cc(C(=O)CSc2nc(NC3CC3)c3ccccc3n2)c(C)n1CC1CCCO1. The van der Waals surface area contributed by atoms with Crippen LogP contribution >= 0.6 is 11.8 Å². The number of ether oxygens (including phenoxy) is 1. The predicted molar refractivity (Wildman–Crippen MR) is 124 cm³/mol. The molecule has 0 spiro atoms. The van der Waals surface area contributed by atoms with Crippen molar-refractivity contribution in [2.45, 2.75) is 63.4 Å². The maximum absolute atomic E-state index is 13.0. The van der Waals surface area contributed by atoms with Crippen LogP contribution in [0.5, 0.6) is 0 Å². The number of benzene rings is 1. The monoisotopic (exact) mass is 436 g/mol. The van der Waals surface area contributed by atoms with Crippen molar-refractivity contribution in [1.29, 1.82) is 0 Å². The number of carbonyl (C=O) groups is 1. The Morgan fingerprint density at radius 3 is 2.84 bits per heavy atom. The first kappa shape index (κ1) is 20.5. The quantitative estimate of drug-likeness (QED) is 0.311. The summed E-state index contributed by atoms with van der Waals surface area (Å²) >= 11 is 1.41. The first-order valence-corrected chi connectivity index (χ1v) is 12.0. The summed E-state index contributed by atoms with van der Waals surface area (Å²) in [6, 6.07) is 10.6. The van der Waals surface area contributed by atoms with Crippen LogP contribution in [-0.2, 0) is 11.3 Å². The lowest BCUT2D eigenvalue weighted by Crippen LogP contribution is -2.17. The van der Waals surface area contributed by atoms with Crippen LogP contribution in [0.25, 0.3) is 10.9 Å². The summed E-state index contributed by atoms with van der Waals surface area (Å²) in [5.74, 6) is 1.31. The Hall–Kier alpha value is -2.38. The topological polar surface area (TPSA) is 69.0 Å². The summed E-state index contributed by atoms with van der Waals surface area (Å²) in [6.07, 6.45) is 4.83. The number of aromatic nitrogens is 3. The Kier molecular flexibility index (Phi) is 5.71. The number of anilines is 1. The average Bonchev–Trinajstić information content (AvgIpc) is 3.35. The number of hydrogen-bond acceptors (Lipinski definition) is 6. The third kappa shape index (κ3) is 4.48. The van der Waals surface area contributed by atoms with Gasteiger partial charge in [0.2, 0.25) is 0 Å². The number of nitrogens with one attached hydrogen (secondary N) is 1. The van der Waals surface area contributed by atoms with E-state index in [4.69, 9.17) is 9.72 Å².